The standard InChI is InChI=1S/C14H22N2O3/c1-10-12(17)15-14(5-2-3-6-14)13(18)16(10)8-11-4-7-19-9-11/h10-11H,2-9H2,1H3,(H,15,17). The Kier molecular flexibility index (Phi) is 3.25. The van der Waals surface area contributed by atoms with Gasteiger partial charge in [-0.1, -0.05) is 12.8 Å². The van der Waals surface area contributed by atoms with E-state index in [1.807, 2.05) is 6.92 Å². The van der Waals surface area contributed by atoms with Gasteiger partial charge >= 0.3 is 0 Å². The molecule has 2 unspecified atom stereocenters. The van der Waals surface area contributed by atoms with E-state index in [4.69, 9.17) is 4.74 Å². The lowest BCUT2D eigenvalue weighted by atomic mass is 9.90. The summed E-state index contributed by atoms with van der Waals surface area (Å²) < 4.78 is 5.37. The van der Waals surface area contributed by atoms with Gasteiger partial charge in [0, 0.05) is 19.1 Å². The van der Waals surface area contributed by atoms with Gasteiger partial charge in [0.05, 0.1) is 6.61 Å². The number of carbonyl (C=O) groups excluding carboxylic acids is 2. The summed E-state index contributed by atoms with van der Waals surface area (Å²) in [5, 5.41) is 2.98. The summed E-state index contributed by atoms with van der Waals surface area (Å²) >= 11 is 0. The lowest BCUT2D eigenvalue weighted by Gasteiger charge is -2.44. The second-order valence-corrected chi connectivity index (χ2v) is 6.14. The molecule has 3 rings (SSSR count). The normalized spacial score (nSPS) is 34.1. The summed E-state index contributed by atoms with van der Waals surface area (Å²) in [6, 6.07) is -0.348. The summed E-state index contributed by atoms with van der Waals surface area (Å²) in [5.41, 5.74) is -0.594. The van der Waals surface area contributed by atoms with Gasteiger partial charge < -0.3 is 15.0 Å². The Morgan fingerprint density at radius 2 is 2.11 bits per heavy atom. The summed E-state index contributed by atoms with van der Waals surface area (Å²) in [5.74, 6) is 0.514. The second kappa shape index (κ2) is 4.78. The van der Waals surface area contributed by atoms with Gasteiger partial charge in [0.1, 0.15) is 11.6 Å². The van der Waals surface area contributed by atoms with Gasteiger partial charge in [0.15, 0.2) is 0 Å². The van der Waals surface area contributed by atoms with Gasteiger partial charge in [-0.15, -0.1) is 0 Å². The molecule has 2 aliphatic heterocycles. The number of hydrogen-bond donors (Lipinski definition) is 1. The van der Waals surface area contributed by atoms with E-state index in [1.165, 1.54) is 0 Å². The van der Waals surface area contributed by atoms with E-state index in [0.29, 0.717) is 19.1 Å². The Morgan fingerprint density at radius 3 is 2.74 bits per heavy atom. The van der Waals surface area contributed by atoms with Crippen molar-refractivity contribution in [3.8, 4) is 0 Å². The highest BCUT2D eigenvalue weighted by molar-refractivity contribution is 5.99. The minimum absolute atomic E-state index is 0.000385. The van der Waals surface area contributed by atoms with Crippen molar-refractivity contribution >= 4 is 11.8 Å². The third-order valence-electron chi connectivity index (χ3n) is 4.82. The van der Waals surface area contributed by atoms with Crippen molar-refractivity contribution < 1.29 is 14.3 Å². The molecule has 5 heteroatoms. The van der Waals surface area contributed by atoms with E-state index in [0.717, 1.165) is 38.7 Å². The molecule has 2 amide bonds. The fourth-order valence-corrected chi connectivity index (χ4v) is 3.55. The largest absolute Gasteiger partial charge is 0.381 e. The van der Waals surface area contributed by atoms with E-state index in [2.05, 4.69) is 5.32 Å². The number of carbonyl (C=O) groups is 2. The van der Waals surface area contributed by atoms with Crippen molar-refractivity contribution in [3.05, 3.63) is 0 Å². The van der Waals surface area contributed by atoms with Crippen molar-refractivity contribution in [2.45, 2.75) is 50.6 Å². The summed E-state index contributed by atoms with van der Waals surface area (Å²) in [4.78, 5) is 26.7. The van der Waals surface area contributed by atoms with Crippen molar-refractivity contribution in [2.75, 3.05) is 19.8 Å². The zero-order valence-corrected chi connectivity index (χ0v) is 11.5. The summed E-state index contributed by atoms with van der Waals surface area (Å²) in [6.45, 7) is 3.98. The first-order valence-corrected chi connectivity index (χ1v) is 7.33. The fraction of sp³-hybridized carbons (Fsp3) is 0.857. The van der Waals surface area contributed by atoms with Crippen LogP contribution in [-0.2, 0) is 14.3 Å². The van der Waals surface area contributed by atoms with E-state index in [9.17, 15) is 9.59 Å². The van der Waals surface area contributed by atoms with Crippen LogP contribution >= 0.6 is 0 Å². The number of rotatable bonds is 2. The SMILES string of the molecule is CC1C(=O)NC2(CCCC2)C(=O)N1CC1CCOC1. The predicted molar refractivity (Wildman–Crippen MR) is 69.4 cm³/mol. The van der Waals surface area contributed by atoms with E-state index in [1.54, 1.807) is 4.90 Å². The summed E-state index contributed by atoms with van der Waals surface area (Å²) in [6.07, 6.45) is 4.64. The zero-order chi connectivity index (χ0) is 13.5. The van der Waals surface area contributed by atoms with Crippen LogP contribution in [-0.4, -0.2) is 48.1 Å². The first-order valence-electron chi connectivity index (χ1n) is 7.33. The number of ether oxygens (including phenoxy) is 1. The van der Waals surface area contributed by atoms with Crippen LogP contribution in [0.4, 0.5) is 0 Å². The minimum atomic E-state index is -0.594. The van der Waals surface area contributed by atoms with Crippen LogP contribution in [0.1, 0.15) is 39.0 Å². The van der Waals surface area contributed by atoms with Crippen LogP contribution in [0.2, 0.25) is 0 Å². The first kappa shape index (κ1) is 12.9. The van der Waals surface area contributed by atoms with Gasteiger partial charge in [-0.25, -0.2) is 0 Å². The molecular weight excluding hydrogens is 244 g/mol. The van der Waals surface area contributed by atoms with Crippen molar-refractivity contribution in [3.63, 3.8) is 0 Å². The maximum Gasteiger partial charge on any atom is 0.249 e. The molecule has 1 aliphatic carbocycles. The molecule has 1 N–H and O–H groups in total. The molecule has 0 aromatic rings. The highest BCUT2D eigenvalue weighted by atomic mass is 16.5. The highest BCUT2D eigenvalue weighted by Crippen LogP contribution is 2.35. The van der Waals surface area contributed by atoms with Gasteiger partial charge in [0.2, 0.25) is 11.8 Å². The topological polar surface area (TPSA) is 58.6 Å². The number of hydrogen-bond acceptors (Lipinski definition) is 3. The lowest BCUT2D eigenvalue weighted by molar-refractivity contribution is -0.154. The molecular formula is C14H22N2O3. The molecule has 0 bridgehead atoms. The molecule has 3 aliphatic rings. The van der Waals surface area contributed by atoms with Gasteiger partial charge in [-0.05, 0) is 26.2 Å². The van der Waals surface area contributed by atoms with Gasteiger partial charge in [0.25, 0.3) is 0 Å². The smallest absolute Gasteiger partial charge is 0.249 e. The second-order valence-electron chi connectivity index (χ2n) is 6.14. The van der Waals surface area contributed by atoms with E-state index >= 15 is 0 Å². The van der Waals surface area contributed by atoms with Crippen LogP contribution in [0.5, 0.6) is 0 Å². The van der Waals surface area contributed by atoms with Crippen molar-refractivity contribution in [1.82, 2.24) is 10.2 Å². The molecule has 2 heterocycles. The Labute approximate surface area is 113 Å². The van der Waals surface area contributed by atoms with Crippen LogP contribution in [0.15, 0.2) is 0 Å². The maximum atomic E-state index is 12.8. The Bertz CT molecular complexity index is 384. The molecule has 1 spiro atoms. The van der Waals surface area contributed by atoms with E-state index in [-0.39, 0.29) is 17.9 Å². The molecule has 3 fully saturated rings. The number of nitrogens with zero attached hydrogens (tertiary/aromatic N) is 1. The van der Waals surface area contributed by atoms with Gasteiger partial charge in [-0.2, -0.15) is 0 Å². The number of amides is 2. The highest BCUT2D eigenvalue weighted by Gasteiger charge is 2.51. The third-order valence-corrected chi connectivity index (χ3v) is 4.82. The molecule has 5 nitrogen and oxygen atoms in total. The molecule has 0 aromatic heterocycles. The van der Waals surface area contributed by atoms with E-state index < -0.39 is 5.54 Å². The quantitative estimate of drug-likeness (QED) is 0.799. The monoisotopic (exact) mass is 266 g/mol. The van der Waals surface area contributed by atoms with Crippen LogP contribution < -0.4 is 5.32 Å². The number of piperazine rings is 1. The molecule has 19 heavy (non-hydrogen) atoms. The van der Waals surface area contributed by atoms with Crippen molar-refractivity contribution in [1.29, 1.82) is 0 Å². The molecule has 106 valence electrons. The molecule has 1 saturated carbocycles. The van der Waals surface area contributed by atoms with Gasteiger partial charge in [-0.3, -0.25) is 9.59 Å². The average molecular weight is 266 g/mol. The van der Waals surface area contributed by atoms with Crippen LogP contribution in [0, 0.1) is 5.92 Å². The van der Waals surface area contributed by atoms with Crippen LogP contribution in [0.25, 0.3) is 0 Å². The molecule has 2 atom stereocenters. The Morgan fingerprint density at radius 1 is 1.37 bits per heavy atom. The fourth-order valence-electron chi connectivity index (χ4n) is 3.55. The maximum absolute atomic E-state index is 12.8. The molecule has 2 saturated heterocycles. The molecule has 0 aromatic carbocycles. The Hall–Kier alpha value is -1.10. The Balaban J connectivity index is 1.79. The average Bonchev–Trinajstić information content (AvgIpc) is 3.04. The third kappa shape index (κ3) is 2.14. The molecule has 0 radical (unpaired) electrons. The first-order chi connectivity index (χ1) is 9.12. The summed E-state index contributed by atoms with van der Waals surface area (Å²) in [7, 11) is 0. The number of nitrogens with one attached hydrogen (secondary N) is 1. The van der Waals surface area contributed by atoms with Crippen molar-refractivity contribution in [2.24, 2.45) is 5.92 Å². The van der Waals surface area contributed by atoms with Crippen LogP contribution in [0.3, 0.4) is 0 Å². The zero-order valence-electron chi connectivity index (χ0n) is 11.5. The lowest BCUT2D eigenvalue weighted by Crippen LogP contribution is -2.69. The predicted octanol–water partition coefficient (Wildman–Crippen LogP) is 0.683. The minimum Gasteiger partial charge on any atom is -0.381 e.